The normalized spacial score (nSPS) is 15.2. The molecule has 1 aliphatic heterocycles. The molecule has 0 spiro atoms. The van der Waals surface area contributed by atoms with E-state index in [1.807, 2.05) is 29.2 Å². The number of benzene rings is 2. The maximum Gasteiger partial charge on any atom is 0.244 e. The monoisotopic (exact) mass is 445 g/mol. The van der Waals surface area contributed by atoms with Crippen LogP contribution in [0.25, 0.3) is 10.6 Å². The molecule has 0 radical (unpaired) electrons. The topological polar surface area (TPSA) is 90.2 Å². The highest BCUT2D eigenvalue weighted by atomic mass is 35.5. The van der Waals surface area contributed by atoms with Crippen LogP contribution in [0.5, 0.6) is 0 Å². The molecule has 0 amide bonds. The van der Waals surface area contributed by atoms with E-state index in [0.29, 0.717) is 31.2 Å². The lowest BCUT2D eigenvalue weighted by Gasteiger charge is -2.33. The molecule has 1 fully saturated rings. The van der Waals surface area contributed by atoms with Gasteiger partial charge in [-0.2, -0.15) is 9.57 Å². The standard InChI is InChI=1S/C19H16ClN5O2S2/c20-16-7-3-2-6-15(16)18-22-23-19(28-18)24-9-11-25(12-10-24)29(26,27)17-8-4-1-5-14(17)13-21/h1-8H,9-12H2. The molecule has 2 heterocycles. The quantitative estimate of drug-likeness (QED) is 0.612. The van der Waals surface area contributed by atoms with Crippen molar-refractivity contribution in [3.63, 3.8) is 0 Å². The first-order valence-electron chi connectivity index (χ1n) is 8.83. The summed E-state index contributed by atoms with van der Waals surface area (Å²) in [5.41, 5.74) is 0.982. The second-order valence-corrected chi connectivity index (χ2v) is 9.64. The van der Waals surface area contributed by atoms with Crippen molar-refractivity contribution in [2.75, 3.05) is 31.1 Å². The number of anilines is 1. The number of hydrogen-bond donors (Lipinski definition) is 0. The Labute approximate surface area is 177 Å². The minimum Gasteiger partial charge on any atom is -0.344 e. The Balaban J connectivity index is 1.49. The van der Waals surface area contributed by atoms with E-state index in [4.69, 9.17) is 11.6 Å². The number of nitrogens with zero attached hydrogens (tertiary/aromatic N) is 5. The predicted octanol–water partition coefficient (Wildman–Crippen LogP) is 3.24. The number of halogens is 1. The minimum atomic E-state index is -3.72. The Morgan fingerprint density at radius 3 is 2.41 bits per heavy atom. The van der Waals surface area contributed by atoms with Crippen LogP contribution in [-0.4, -0.2) is 49.1 Å². The summed E-state index contributed by atoms with van der Waals surface area (Å²) in [6.07, 6.45) is 0. The molecule has 1 aliphatic rings. The zero-order chi connectivity index (χ0) is 20.4. The molecule has 7 nitrogen and oxygen atoms in total. The highest BCUT2D eigenvalue weighted by Gasteiger charge is 2.31. The van der Waals surface area contributed by atoms with Crippen LogP contribution in [0.15, 0.2) is 53.4 Å². The van der Waals surface area contributed by atoms with Crippen LogP contribution >= 0.6 is 22.9 Å². The van der Waals surface area contributed by atoms with Gasteiger partial charge in [0, 0.05) is 31.7 Å². The first kappa shape index (κ1) is 19.8. The molecule has 1 saturated heterocycles. The zero-order valence-electron chi connectivity index (χ0n) is 15.2. The van der Waals surface area contributed by atoms with E-state index < -0.39 is 10.0 Å². The van der Waals surface area contributed by atoms with E-state index >= 15 is 0 Å². The van der Waals surface area contributed by atoms with Crippen LogP contribution in [0.1, 0.15) is 5.56 Å². The number of nitriles is 1. The lowest BCUT2D eigenvalue weighted by Crippen LogP contribution is -2.48. The molecule has 148 valence electrons. The Morgan fingerprint density at radius 1 is 1.00 bits per heavy atom. The first-order chi connectivity index (χ1) is 14.0. The largest absolute Gasteiger partial charge is 0.344 e. The molecule has 0 unspecified atom stereocenters. The average molecular weight is 446 g/mol. The molecule has 4 rings (SSSR count). The molecule has 0 N–H and O–H groups in total. The van der Waals surface area contributed by atoms with Gasteiger partial charge in [-0.05, 0) is 18.2 Å². The number of sulfonamides is 1. The van der Waals surface area contributed by atoms with Crippen molar-refractivity contribution >= 4 is 38.1 Å². The Hall–Kier alpha value is -2.51. The van der Waals surface area contributed by atoms with Gasteiger partial charge in [-0.3, -0.25) is 0 Å². The van der Waals surface area contributed by atoms with Gasteiger partial charge in [0.2, 0.25) is 15.2 Å². The predicted molar refractivity (Wildman–Crippen MR) is 112 cm³/mol. The lowest BCUT2D eigenvalue weighted by atomic mass is 10.2. The lowest BCUT2D eigenvalue weighted by molar-refractivity contribution is 0.384. The summed E-state index contributed by atoms with van der Waals surface area (Å²) < 4.78 is 27.3. The second kappa shape index (κ2) is 8.08. The molecule has 2 aromatic carbocycles. The van der Waals surface area contributed by atoms with Gasteiger partial charge in [0.1, 0.15) is 6.07 Å². The summed E-state index contributed by atoms with van der Waals surface area (Å²) in [4.78, 5) is 2.06. The van der Waals surface area contributed by atoms with Crippen molar-refractivity contribution in [2.24, 2.45) is 0 Å². The third-order valence-electron chi connectivity index (χ3n) is 4.65. The summed E-state index contributed by atoms with van der Waals surface area (Å²) in [5.74, 6) is 0. The SMILES string of the molecule is N#Cc1ccccc1S(=O)(=O)N1CCN(c2nnc(-c3ccccc3Cl)s2)CC1. The van der Waals surface area contributed by atoms with Gasteiger partial charge in [0.05, 0.1) is 15.5 Å². The van der Waals surface area contributed by atoms with Crippen LogP contribution in [0, 0.1) is 11.3 Å². The van der Waals surface area contributed by atoms with Crippen molar-refractivity contribution in [2.45, 2.75) is 4.90 Å². The van der Waals surface area contributed by atoms with Crippen molar-refractivity contribution in [1.29, 1.82) is 5.26 Å². The highest BCUT2D eigenvalue weighted by molar-refractivity contribution is 7.89. The Morgan fingerprint density at radius 2 is 1.69 bits per heavy atom. The summed E-state index contributed by atoms with van der Waals surface area (Å²) in [6, 6.07) is 15.7. The van der Waals surface area contributed by atoms with Gasteiger partial charge >= 0.3 is 0 Å². The van der Waals surface area contributed by atoms with Crippen LogP contribution in [0.3, 0.4) is 0 Å². The number of aromatic nitrogens is 2. The fourth-order valence-electron chi connectivity index (χ4n) is 3.13. The van der Waals surface area contributed by atoms with E-state index in [2.05, 4.69) is 10.2 Å². The molecule has 0 aliphatic carbocycles. The van der Waals surface area contributed by atoms with Crippen LogP contribution in [0.4, 0.5) is 5.13 Å². The van der Waals surface area contributed by atoms with Crippen LogP contribution in [-0.2, 0) is 10.0 Å². The van der Waals surface area contributed by atoms with Crippen LogP contribution < -0.4 is 4.90 Å². The summed E-state index contributed by atoms with van der Waals surface area (Å²) in [7, 11) is -3.72. The van der Waals surface area contributed by atoms with E-state index in [1.54, 1.807) is 18.2 Å². The first-order valence-corrected chi connectivity index (χ1v) is 11.5. The molecule has 3 aromatic rings. The molecular formula is C19H16ClN5O2S2. The van der Waals surface area contributed by atoms with E-state index in [9.17, 15) is 13.7 Å². The second-order valence-electron chi connectivity index (χ2n) is 6.37. The molecular weight excluding hydrogens is 430 g/mol. The fourth-order valence-corrected chi connectivity index (χ4v) is 5.91. The fraction of sp³-hybridized carbons (Fsp3) is 0.211. The van der Waals surface area contributed by atoms with Gasteiger partial charge < -0.3 is 4.90 Å². The molecule has 0 atom stereocenters. The third kappa shape index (κ3) is 3.84. The maximum atomic E-state index is 13.0. The number of rotatable bonds is 4. The van der Waals surface area contributed by atoms with E-state index in [0.717, 1.165) is 15.7 Å². The van der Waals surface area contributed by atoms with Gasteiger partial charge in [0.25, 0.3) is 0 Å². The molecule has 10 heteroatoms. The van der Waals surface area contributed by atoms with Crippen molar-refractivity contribution in [3.05, 3.63) is 59.1 Å². The van der Waals surface area contributed by atoms with Gasteiger partial charge in [-0.1, -0.05) is 53.3 Å². The smallest absolute Gasteiger partial charge is 0.244 e. The third-order valence-corrected chi connectivity index (χ3v) is 7.96. The van der Waals surface area contributed by atoms with E-state index in [1.165, 1.54) is 27.8 Å². The zero-order valence-corrected chi connectivity index (χ0v) is 17.6. The van der Waals surface area contributed by atoms with Crippen molar-refractivity contribution in [1.82, 2.24) is 14.5 Å². The van der Waals surface area contributed by atoms with Gasteiger partial charge in [0.15, 0.2) is 5.01 Å². The summed E-state index contributed by atoms with van der Waals surface area (Å²) in [6.45, 7) is 1.60. The molecule has 0 saturated carbocycles. The van der Waals surface area contributed by atoms with Gasteiger partial charge in [-0.15, -0.1) is 10.2 Å². The summed E-state index contributed by atoms with van der Waals surface area (Å²) >= 11 is 7.66. The van der Waals surface area contributed by atoms with E-state index in [-0.39, 0.29) is 10.5 Å². The van der Waals surface area contributed by atoms with Crippen molar-refractivity contribution < 1.29 is 8.42 Å². The number of piperazine rings is 1. The van der Waals surface area contributed by atoms with Crippen molar-refractivity contribution in [3.8, 4) is 16.6 Å². The molecule has 1 aromatic heterocycles. The van der Waals surface area contributed by atoms with Gasteiger partial charge in [-0.25, -0.2) is 8.42 Å². The Bertz CT molecular complexity index is 1180. The minimum absolute atomic E-state index is 0.0490. The highest BCUT2D eigenvalue weighted by Crippen LogP contribution is 2.33. The Kier molecular flexibility index (Phi) is 5.52. The number of hydrogen-bond acceptors (Lipinski definition) is 7. The maximum absolute atomic E-state index is 13.0. The molecule has 29 heavy (non-hydrogen) atoms. The summed E-state index contributed by atoms with van der Waals surface area (Å²) in [5, 5.41) is 19.8. The molecule has 0 bridgehead atoms. The average Bonchev–Trinajstić information content (AvgIpc) is 3.24. The van der Waals surface area contributed by atoms with Crippen LogP contribution in [0.2, 0.25) is 5.02 Å².